The summed E-state index contributed by atoms with van der Waals surface area (Å²) >= 11 is 0. The second-order valence-corrected chi connectivity index (χ2v) is 4.29. The van der Waals surface area contributed by atoms with Gasteiger partial charge < -0.3 is 5.73 Å². The molecule has 1 aromatic carbocycles. The summed E-state index contributed by atoms with van der Waals surface area (Å²) in [6.07, 6.45) is 4.26. The third-order valence-electron chi connectivity index (χ3n) is 3.31. The van der Waals surface area contributed by atoms with Crippen LogP contribution in [0.15, 0.2) is 24.4 Å². The van der Waals surface area contributed by atoms with Gasteiger partial charge in [-0.05, 0) is 18.1 Å². The largest absolute Gasteiger partial charge is 0.398 e. The molecule has 0 bridgehead atoms. The molecule has 2 aromatic rings. The summed E-state index contributed by atoms with van der Waals surface area (Å²) < 4.78 is 2.07. The van der Waals surface area contributed by atoms with E-state index in [-0.39, 0.29) is 0 Å². The van der Waals surface area contributed by atoms with Crippen LogP contribution < -0.4 is 5.73 Å². The maximum absolute atomic E-state index is 5.91. The first-order valence-corrected chi connectivity index (χ1v) is 5.96. The SMILES string of the molecule is CCC(CC)Cn1ncc2c(N)cccc21. The topological polar surface area (TPSA) is 43.8 Å². The molecule has 86 valence electrons. The molecule has 1 aromatic heterocycles. The number of benzene rings is 1. The summed E-state index contributed by atoms with van der Waals surface area (Å²) in [6.45, 7) is 5.45. The van der Waals surface area contributed by atoms with Gasteiger partial charge in [0.15, 0.2) is 0 Å². The second-order valence-electron chi connectivity index (χ2n) is 4.29. The van der Waals surface area contributed by atoms with Crippen LogP contribution in [-0.2, 0) is 6.54 Å². The van der Waals surface area contributed by atoms with E-state index in [1.54, 1.807) is 0 Å². The van der Waals surface area contributed by atoms with E-state index in [4.69, 9.17) is 5.73 Å². The van der Waals surface area contributed by atoms with Crippen molar-refractivity contribution in [3.8, 4) is 0 Å². The Bertz CT molecular complexity index is 469. The molecule has 0 amide bonds. The Morgan fingerprint density at radius 1 is 1.31 bits per heavy atom. The van der Waals surface area contributed by atoms with Crippen LogP contribution in [0.3, 0.4) is 0 Å². The Hall–Kier alpha value is -1.51. The van der Waals surface area contributed by atoms with Crippen molar-refractivity contribution in [2.75, 3.05) is 5.73 Å². The molecule has 0 aliphatic carbocycles. The summed E-state index contributed by atoms with van der Waals surface area (Å²) in [5.41, 5.74) is 7.87. The van der Waals surface area contributed by atoms with E-state index in [9.17, 15) is 0 Å². The molecule has 0 unspecified atom stereocenters. The Morgan fingerprint density at radius 2 is 2.06 bits per heavy atom. The Balaban J connectivity index is 2.35. The fourth-order valence-corrected chi connectivity index (χ4v) is 2.06. The van der Waals surface area contributed by atoms with E-state index in [0.717, 1.165) is 23.1 Å². The van der Waals surface area contributed by atoms with Crippen LogP contribution in [0.1, 0.15) is 26.7 Å². The minimum atomic E-state index is 0.699. The van der Waals surface area contributed by atoms with Gasteiger partial charge in [-0.15, -0.1) is 0 Å². The molecule has 2 rings (SSSR count). The average molecular weight is 217 g/mol. The maximum atomic E-state index is 5.91. The highest BCUT2D eigenvalue weighted by Gasteiger charge is 2.09. The van der Waals surface area contributed by atoms with Gasteiger partial charge in [-0.2, -0.15) is 5.10 Å². The number of nitrogens with two attached hydrogens (primary N) is 1. The molecule has 2 N–H and O–H groups in total. The highest BCUT2D eigenvalue weighted by atomic mass is 15.3. The normalized spacial score (nSPS) is 11.4. The fraction of sp³-hybridized carbons (Fsp3) is 0.462. The standard InChI is InChI=1S/C13H19N3/c1-3-10(4-2)9-16-13-7-5-6-12(14)11(13)8-15-16/h5-8,10H,3-4,9,14H2,1-2H3. The van der Waals surface area contributed by atoms with Crippen LogP contribution in [0.25, 0.3) is 10.9 Å². The van der Waals surface area contributed by atoms with E-state index in [0.29, 0.717) is 5.92 Å². The van der Waals surface area contributed by atoms with Gasteiger partial charge in [0.2, 0.25) is 0 Å². The number of hydrogen-bond acceptors (Lipinski definition) is 2. The quantitative estimate of drug-likeness (QED) is 0.800. The number of nitrogens with zero attached hydrogens (tertiary/aromatic N) is 2. The average Bonchev–Trinajstić information content (AvgIpc) is 2.71. The van der Waals surface area contributed by atoms with Crippen molar-refractivity contribution in [3.63, 3.8) is 0 Å². The number of fused-ring (bicyclic) bond motifs is 1. The maximum Gasteiger partial charge on any atom is 0.0703 e. The van der Waals surface area contributed by atoms with Crippen LogP contribution in [0.2, 0.25) is 0 Å². The number of rotatable bonds is 4. The van der Waals surface area contributed by atoms with Crippen LogP contribution in [0, 0.1) is 5.92 Å². The molecule has 0 fully saturated rings. The predicted octanol–water partition coefficient (Wildman–Crippen LogP) is 3.05. The first kappa shape index (κ1) is 11.0. The lowest BCUT2D eigenvalue weighted by Gasteiger charge is -2.12. The van der Waals surface area contributed by atoms with Crippen molar-refractivity contribution in [1.29, 1.82) is 0 Å². The van der Waals surface area contributed by atoms with Gasteiger partial charge in [0.1, 0.15) is 0 Å². The van der Waals surface area contributed by atoms with Crippen molar-refractivity contribution in [3.05, 3.63) is 24.4 Å². The van der Waals surface area contributed by atoms with Crippen molar-refractivity contribution < 1.29 is 0 Å². The van der Waals surface area contributed by atoms with E-state index < -0.39 is 0 Å². The highest BCUT2D eigenvalue weighted by Crippen LogP contribution is 2.22. The summed E-state index contributed by atoms with van der Waals surface area (Å²) in [6, 6.07) is 6.00. The van der Waals surface area contributed by atoms with Gasteiger partial charge in [0.05, 0.1) is 11.7 Å². The lowest BCUT2D eigenvalue weighted by atomic mass is 10.0. The summed E-state index contributed by atoms with van der Waals surface area (Å²) in [5.74, 6) is 0.699. The van der Waals surface area contributed by atoms with E-state index in [2.05, 4.69) is 29.7 Å². The third-order valence-corrected chi connectivity index (χ3v) is 3.31. The number of nitrogen functional groups attached to an aromatic ring is 1. The molecule has 0 atom stereocenters. The van der Waals surface area contributed by atoms with Crippen molar-refractivity contribution in [2.45, 2.75) is 33.2 Å². The van der Waals surface area contributed by atoms with Gasteiger partial charge in [-0.1, -0.05) is 32.8 Å². The molecule has 0 saturated heterocycles. The van der Waals surface area contributed by atoms with Crippen LogP contribution in [-0.4, -0.2) is 9.78 Å². The first-order chi connectivity index (χ1) is 7.76. The van der Waals surface area contributed by atoms with Gasteiger partial charge in [-0.25, -0.2) is 0 Å². The minimum absolute atomic E-state index is 0.699. The van der Waals surface area contributed by atoms with Crippen LogP contribution in [0.4, 0.5) is 5.69 Å². The molecular formula is C13H19N3. The summed E-state index contributed by atoms with van der Waals surface area (Å²) in [4.78, 5) is 0. The number of aromatic nitrogens is 2. The lowest BCUT2D eigenvalue weighted by molar-refractivity contribution is 0.403. The first-order valence-electron chi connectivity index (χ1n) is 5.96. The fourth-order valence-electron chi connectivity index (χ4n) is 2.06. The van der Waals surface area contributed by atoms with Crippen molar-refractivity contribution in [1.82, 2.24) is 9.78 Å². The summed E-state index contributed by atoms with van der Waals surface area (Å²) in [5, 5.41) is 5.49. The molecule has 0 aliphatic rings. The van der Waals surface area contributed by atoms with Gasteiger partial charge >= 0.3 is 0 Å². The molecule has 3 nitrogen and oxygen atoms in total. The van der Waals surface area contributed by atoms with Crippen LogP contribution in [0.5, 0.6) is 0 Å². The second kappa shape index (κ2) is 4.56. The van der Waals surface area contributed by atoms with Crippen molar-refractivity contribution in [2.24, 2.45) is 5.92 Å². The number of anilines is 1. The zero-order valence-electron chi connectivity index (χ0n) is 9.98. The van der Waals surface area contributed by atoms with E-state index in [1.807, 2.05) is 18.3 Å². The van der Waals surface area contributed by atoms with Crippen LogP contribution >= 0.6 is 0 Å². The zero-order valence-corrected chi connectivity index (χ0v) is 9.98. The molecule has 0 aliphatic heterocycles. The molecule has 1 heterocycles. The molecule has 3 heteroatoms. The Kier molecular flexibility index (Phi) is 3.13. The van der Waals surface area contributed by atoms with Gasteiger partial charge in [-0.3, -0.25) is 4.68 Å². The van der Waals surface area contributed by atoms with Gasteiger partial charge in [0, 0.05) is 17.6 Å². The number of hydrogen-bond donors (Lipinski definition) is 1. The predicted molar refractivity (Wildman–Crippen MR) is 68.2 cm³/mol. The van der Waals surface area contributed by atoms with E-state index in [1.165, 1.54) is 12.8 Å². The smallest absolute Gasteiger partial charge is 0.0703 e. The molecule has 16 heavy (non-hydrogen) atoms. The Morgan fingerprint density at radius 3 is 2.75 bits per heavy atom. The van der Waals surface area contributed by atoms with Crippen molar-refractivity contribution >= 4 is 16.6 Å². The molecular weight excluding hydrogens is 198 g/mol. The monoisotopic (exact) mass is 217 g/mol. The third kappa shape index (κ3) is 1.90. The summed E-state index contributed by atoms with van der Waals surface area (Å²) in [7, 11) is 0. The minimum Gasteiger partial charge on any atom is -0.398 e. The molecule has 0 spiro atoms. The zero-order chi connectivity index (χ0) is 11.5. The lowest BCUT2D eigenvalue weighted by Crippen LogP contribution is -2.10. The molecule has 0 saturated carbocycles. The molecule has 0 radical (unpaired) electrons. The Labute approximate surface area is 96.2 Å². The van der Waals surface area contributed by atoms with Gasteiger partial charge in [0.25, 0.3) is 0 Å². The highest BCUT2D eigenvalue weighted by molar-refractivity contribution is 5.90. The van der Waals surface area contributed by atoms with E-state index >= 15 is 0 Å².